The van der Waals surface area contributed by atoms with Crippen molar-refractivity contribution in [2.75, 3.05) is 17.7 Å². The molecule has 2 aromatic carbocycles. The molecule has 1 aromatic heterocycles. The number of benzene rings is 2. The van der Waals surface area contributed by atoms with Crippen LogP contribution in [0.1, 0.15) is 5.89 Å². The lowest BCUT2D eigenvalue weighted by Gasteiger charge is -2.05. The zero-order valence-corrected chi connectivity index (χ0v) is 14.4. The summed E-state index contributed by atoms with van der Waals surface area (Å²) in [5, 5.41) is 11.7. The van der Waals surface area contributed by atoms with E-state index < -0.39 is 16.4 Å². The van der Waals surface area contributed by atoms with Crippen LogP contribution in [0.3, 0.4) is 0 Å². The minimum absolute atomic E-state index is 0.121. The van der Waals surface area contributed by atoms with Crippen molar-refractivity contribution in [2.45, 2.75) is 4.90 Å². The average Bonchev–Trinajstić information content (AvgIpc) is 3.06. The Bertz CT molecular complexity index is 1020. The van der Waals surface area contributed by atoms with Crippen LogP contribution in [0.5, 0.6) is 0 Å². The number of carbonyl (C=O) groups excluding carboxylic acids is 1. The van der Waals surface area contributed by atoms with Crippen LogP contribution in [0, 0.1) is 0 Å². The fourth-order valence-electron chi connectivity index (χ4n) is 2.30. The number of anilines is 1. The van der Waals surface area contributed by atoms with Gasteiger partial charge in [-0.05, 0) is 36.4 Å². The third kappa shape index (κ3) is 3.81. The number of aliphatic hydroxyl groups excluding tert-OH is 1. The number of fused-ring (bicyclic) bond motifs is 1. The number of sulfone groups is 1. The van der Waals surface area contributed by atoms with Crippen LogP contribution < -0.4 is 5.32 Å². The summed E-state index contributed by atoms with van der Waals surface area (Å²) in [5.74, 6) is -0.136. The normalized spacial score (nSPS) is 12.3. The van der Waals surface area contributed by atoms with Gasteiger partial charge in [0.2, 0.25) is 5.89 Å². The van der Waals surface area contributed by atoms with Gasteiger partial charge in [0.05, 0.1) is 22.8 Å². The minimum Gasteiger partial charge on any atom is -0.436 e. The van der Waals surface area contributed by atoms with E-state index in [4.69, 9.17) is 9.52 Å². The highest BCUT2D eigenvalue weighted by Crippen LogP contribution is 2.20. The fourth-order valence-corrected chi connectivity index (χ4v) is 3.33. The van der Waals surface area contributed by atoms with Gasteiger partial charge in [-0.15, -0.1) is 0 Å². The Balaban J connectivity index is 1.80. The Labute approximate surface area is 149 Å². The van der Waals surface area contributed by atoms with E-state index in [9.17, 15) is 13.2 Å². The molecule has 0 bridgehead atoms. The molecule has 0 aliphatic rings. The number of para-hydroxylation sites is 2. The molecule has 26 heavy (non-hydrogen) atoms. The molecule has 134 valence electrons. The van der Waals surface area contributed by atoms with E-state index in [0.29, 0.717) is 23.1 Å². The Morgan fingerprint density at radius 2 is 1.88 bits per heavy atom. The van der Waals surface area contributed by atoms with E-state index in [-0.39, 0.29) is 22.1 Å². The molecule has 8 heteroatoms. The summed E-state index contributed by atoms with van der Waals surface area (Å²) in [6, 6.07) is 13.2. The SMILES string of the molecule is O=C/C(=C/Nc1ccc(S(=O)(=O)CCO)cc1)c1nc2ccccc2o1. The number of aromatic nitrogens is 1. The number of oxazole rings is 1. The molecule has 0 aliphatic carbocycles. The minimum atomic E-state index is -3.50. The number of aliphatic hydroxyl groups is 1. The predicted molar refractivity (Wildman–Crippen MR) is 97.3 cm³/mol. The molecule has 7 nitrogen and oxygen atoms in total. The second kappa shape index (κ2) is 7.51. The molecule has 0 amide bonds. The molecule has 0 saturated carbocycles. The van der Waals surface area contributed by atoms with Crippen LogP contribution in [-0.4, -0.2) is 37.2 Å². The van der Waals surface area contributed by atoms with Crippen molar-refractivity contribution in [1.29, 1.82) is 0 Å². The molecule has 0 fully saturated rings. The van der Waals surface area contributed by atoms with Crippen LogP contribution in [0.15, 0.2) is 64.0 Å². The number of hydrogen-bond donors (Lipinski definition) is 2. The molecular formula is C18H16N2O5S. The predicted octanol–water partition coefficient (Wildman–Crippen LogP) is 2.25. The summed E-state index contributed by atoms with van der Waals surface area (Å²) in [4.78, 5) is 15.7. The first-order valence-corrected chi connectivity index (χ1v) is 9.40. The van der Waals surface area contributed by atoms with Crippen LogP contribution in [0.4, 0.5) is 5.69 Å². The fraction of sp³-hybridized carbons (Fsp3) is 0.111. The van der Waals surface area contributed by atoms with Crippen LogP contribution >= 0.6 is 0 Å². The van der Waals surface area contributed by atoms with Crippen LogP contribution in [-0.2, 0) is 14.6 Å². The van der Waals surface area contributed by atoms with Gasteiger partial charge < -0.3 is 14.8 Å². The second-order valence-corrected chi connectivity index (χ2v) is 7.52. The molecule has 0 radical (unpaired) electrons. The van der Waals surface area contributed by atoms with Gasteiger partial charge in [-0.25, -0.2) is 13.4 Å². The molecule has 1 heterocycles. The van der Waals surface area contributed by atoms with Crippen molar-refractivity contribution < 1.29 is 22.7 Å². The van der Waals surface area contributed by atoms with Gasteiger partial charge in [-0.2, -0.15) is 0 Å². The topological polar surface area (TPSA) is 110 Å². The largest absolute Gasteiger partial charge is 0.436 e. The monoisotopic (exact) mass is 372 g/mol. The average molecular weight is 372 g/mol. The molecule has 0 spiro atoms. The highest BCUT2D eigenvalue weighted by atomic mass is 32.2. The number of aldehydes is 1. The van der Waals surface area contributed by atoms with Crippen molar-refractivity contribution in [3.63, 3.8) is 0 Å². The number of rotatable bonds is 7. The van der Waals surface area contributed by atoms with Crippen molar-refractivity contribution in [3.05, 3.63) is 60.6 Å². The van der Waals surface area contributed by atoms with Gasteiger partial charge in [0.15, 0.2) is 21.7 Å². The molecule has 0 saturated heterocycles. The lowest BCUT2D eigenvalue weighted by Crippen LogP contribution is -2.09. The van der Waals surface area contributed by atoms with Crippen molar-refractivity contribution in [2.24, 2.45) is 0 Å². The smallest absolute Gasteiger partial charge is 0.232 e. The van der Waals surface area contributed by atoms with E-state index in [1.54, 1.807) is 24.3 Å². The van der Waals surface area contributed by atoms with Crippen LogP contribution in [0.25, 0.3) is 16.7 Å². The Morgan fingerprint density at radius 3 is 2.54 bits per heavy atom. The van der Waals surface area contributed by atoms with Gasteiger partial charge in [0.1, 0.15) is 5.52 Å². The van der Waals surface area contributed by atoms with Gasteiger partial charge in [-0.1, -0.05) is 12.1 Å². The molecule has 0 aliphatic heterocycles. The number of nitrogens with zero attached hydrogens (tertiary/aromatic N) is 1. The van der Waals surface area contributed by atoms with Crippen LogP contribution in [0.2, 0.25) is 0 Å². The van der Waals surface area contributed by atoms with E-state index in [2.05, 4.69) is 10.3 Å². The second-order valence-electron chi connectivity index (χ2n) is 5.42. The maximum atomic E-state index is 11.9. The molecular weight excluding hydrogens is 356 g/mol. The van der Waals surface area contributed by atoms with Crippen molar-refractivity contribution >= 4 is 38.5 Å². The van der Waals surface area contributed by atoms with E-state index in [1.165, 1.54) is 18.3 Å². The Hall–Kier alpha value is -2.97. The Morgan fingerprint density at radius 1 is 1.15 bits per heavy atom. The summed E-state index contributed by atoms with van der Waals surface area (Å²) in [6.45, 7) is -0.432. The van der Waals surface area contributed by atoms with E-state index >= 15 is 0 Å². The number of allylic oxidation sites excluding steroid dienone is 1. The lowest BCUT2D eigenvalue weighted by atomic mass is 10.3. The maximum absolute atomic E-state index is 11.9. The van der Waals surface area contributed by atoms with Crippen molar-refractivity contribution in [3.8, 4) is 0 Å². The standard InChI is InChI=1S/C18H16N2O5S/c21-9-10-26(23,24)15-7-5-14(6-8-15)19-11-13(12-22)18-20-16-3-1-2-4-17(16)25-18/h1-8,11-12,19,21H,9-10H2/b13-11-. The number of carbonyl (C=O) groups is 1. The summed E-state index contributed by atoms with van der Waals surface area (Å²) in [5.41, 5.74) is 2.03. The summed E-state index contributed by atoms with van der Waals surface area (Å²) in [7, 11) is -3.50. The molecule has 3 rings (SSSR count). The zero-order chi connectivity index (χ0) is 18.6. The van der Waals surface area contributed by atoms with E-state index in [0.717, 1.165) is 0 Å². The summed E-state index contributed by atoms with van der Waals surface area (Å²) >= 11 is 0. The third-order valence-corrected chi connectivity index (χ3v) is 5.35. The zero-order valence-electron chi connectivity index (χ0n) is 13.6. The van der Waals surface area contributed by atoms with Gasteiger partial charge in [0.25, 0.3) is 0 Å². The lowest BCUT2D eigenvalue weighted by molar-refractivity contribution is -0.103. The third-order valence-electron chi connectivity index (χ3n) is 3.64. The number of nitrogens with one attached hydrogen (secondary N) is 1. The first-order chi connectivity index (χ1) is 12.5. The highest BCUT2D eigenvalue weighted by Gasteiger charge is 2.13. The van der Waals surface area contributed by atoms with E-state index in [1.807, 2.05) is 12.1 Å². The number of hydrogen-bond acceptors (Lipinski definition) is 7. The highest BCUT2D eigenvalue weighted by molar-refractivity contribution is 7.91. The first-order valence-electron chi connectivity index (χ1n) is 7.75. The maximum Gasteiger partial charge on any atom is 0.232 e. The molecule has 2 N–H and O–H groups in total. The van der Waals surface area contributed by atoms with Gasteiger partial charge in [-0.3, -0.25) is 4.79 Å². The molecule has 0 atom stereocenters. The summed E-state index contributed by atoms with van der Waals surface area (Å²) in [6.07, 6.45) is 2.06. The Kier molecular flexibility index (Phi) is 5.15. The van der Waals surface area contributed by atoms with Crippen molar-refractivity contribution in [1.82, 2.24) is 4.98 Å². The molecule has 0 unspecified atom stereocenters. The molecule has 3 aromatic rings. The summed E-state index contributed by atoms with van der Waals surface area (Å²) < 4.78 is 29.3. The van der Waals surface area contributed by atoms with Gasteiger partial charge in [0, 0.05) is 11.9 Å². The van der Waals surface area contributed by atoms with Gasteiger partial charge >= 0.3 is 0 Å². The quantitative estimate of drug-likeness (QED) is 0.483. The first kappa shape index (κ1) is 17.8.